The van der Waals surface area contributed by atoms with Gasteiger partial charge in [-0.05, 0) is 19.4 Å². The lowest BCUT2D eigenvalue weighted by Crippen LogP contribution is -2.43. The van der Waals surface area contributed by atoms with E-state index in [9.17, 15) is 0 Å². The van der Waals surface area contributed by atoms with Gasteiger partial charge in [0.1, 0.15) is 5.75 Å². The molecule has 1 aromatic rings. The summed E-state index contributed by atoms with van der Waals surface area (Å²) in [7, 11) is 1.72. The molecule has 70 valence electrons. The highest BCUT2D eigenvalue weighted by Gasteiger charge is 2.27. The minimum absolute atomic E-state index is 0.492. The average Bonchev–Trinajstić information content (AvgIpc) is 2.13. The molecule has 0 amide bonds. The first-order valence-corrected chi connectivity index (χ1v) is 4.70. The molecule has 1 aliphatic heterocycles. The van der Waals surface area contributed by atoms with Crippen molar-refractivity contribution >= 4 is 0 Å². The van der Waals surface area contributed by atoms with E-state index in [1.807, 2.05) is 12.1 Å². The minimum Gasteiger partial charge on any atom is -0.496 e. The summed E-state index contributed by atoms with van der Waals surface area (Å²) in [4.78, 5) is 0. The first-order valence-electron chi connectivity index (χ1n) is 4.70. The van der Waals surface area contributed by atoms with Crippen LogP contribution in [-0.4, -0.2) is 13.2 Å². The quantitative estimate of drug-likeness (QED) is 0.747. The van der Waals surface area contributed by atoms with Crippen LogP contribution in [0.3, 0.4) is 0 Å². The maximum absolute atomic E-state index is 5.30. The molecule has 0 radical (unpaired) electrons. The van der Waals surface area contributed by atoms with Crippen LogP contribution in [0.15, 0.2) is 24.3 Å². The topological polar surface area (TPSA) is 21.3 Å². The van der Waals surface area contributed by atoms with Crippen LogP contribution in [0.5, 0.6) is 5.75 Å². The zero-order chi connectivity index (χ0) is 9.26. The molecule has 0 bridgehead atoms. The highest BCUT2D eigenvalue weighted by Crippen LogP contribution is 2.33. The van der Waals surface area contributed by atoms with E-state index >= 15 is 0 Å². The third-order valence-electron chi connectivity index (χ3n) is 2.59. The molecule has 1 aromatic carbocycles. The van der Waals surface area contributed by atoms with Crippen LogP contribution < -0.4 is 10.1 Å². The van der Waals surface area contributed by atoms with Crippen molar-refractivity contribution in [3.63, 3.8) is 0 Å². The summed E-state index contributed by atoms with van der Waals surface area (Å²) in [5.74, 6) is 0.992. The molecule has 13 heavy (non-hydrogen) atoms. The molecule has 0 aliphatic carbocycles. The summed E-state index contributed by atoms with van der Waals surface area (Å²) in [5, 5.41) is 3.45. The van der Waals surface area contributed by atoms with Gasteiger partial charge in [0.15, 0.2) is 0 Å². The molecular formula is C11H15NO. The van der Waals surface area contributed by atoms with Crippen molar-refractivity contribution in [1.82, 2.24) is 5.32 Å². The third-order valence-corrected chi connectivity index (χ3v) is 2.59. The molecule has 0 saturated carbocycles. The van der Waals surface area contributed by atoms with Gasteiger partial charge in [0.05, 0.1) is 7.11 Å². The van der Waals surface area contributed by atoms with Crippen LogP contribution in [0.25, 0.3) is 0 Å². The maximum atomic E-state index is 5.30. The summed E-state index contributed by atoms with van der Waals surface area (Å²) >= 11 is 0. The lowest BCUT2D eigenvalue weighted by atomic mass is 9.91. The number of hydrogen-bond acceptors (Lipinski definition) is 2. The molecule has 1 fully saturated rings. The average molecular weight is 177 g/mol. The normalized spacial score (nSPS) is 26.6. The Balaban J connectivity index is 2.19. The van der Waals surface area contributed by atoms with Crippen molar-refractivity contribution in [3.8, 4) is 5.75 Å². The second kappa shape index (κ2) is 3.38. The number of ether oxygens (including phenoxy) is 1. The predicted octanol–water partition coefficient (Wildman–Crippen LogP) is 2.12. The molecule has 2 nitrogen and oxygen atoms in total. The maximum Gasteiger partial charge on any atom is 0.123 e. The molecule has 0 aromatic heterocycles. The van der Waals surface area contributed by atoms with E-state index in [0.717, 1.165) is 5.75 Å². The lowest BCUT2D eigenvalue weighted by molar-refractivity contribution is 0.278. The summed E-state index contributed by atoms with van der Waals surface area (Å²) in [6.07, 6.45) is 1.21. The van der Waals surface area contributed by atoms with Crippen LogP contribution >= 0.6 is 0 Å². The molecule has 0 spiro atoms. The lowest BCUT2D eigenvalue weighted by Gasteiger charge is -2.35. The molecular weight excluding hydrogens is 162 g/mol. The van der Waals surface area contributed by atoms with Crippen LogP contribution in [0.4, 0.5) is 0 Å². The van der Waals surface area contributed by atoms with E-state index < -0.39 is 0 Å². The van der Waals surface area contributed by atoms with Gasteiger partial charge < -0.3 is 10.1 Å². The Morgan fingerprint density at radius 1 is 1.38 bits per heavy atom. The van der Waals surface area contributed by atoms with Gasteiger partial charge in [0.2, 0.25) is 0 Å². The minimum atomic E-state index is 0.492. The van der Waals surface area contributed by atoms with Crippen molar-refractivity contribution in [2.45, 2.75) is 25.4 Å². The fourth-order valence-electron chi connectivity index (χ4n) is 1.84. The van der Waals surface area contributed by atoms with E-state index in [1.165, 1.54) is 12.0 Å². The SMILES string of the molecule is COc1ccccc1C1CC(C)N1. The largest absolute Gasteiger partial charge is 0.496 e. The van der Waals surface area contributed by atoms with Gasteiger partial charge in [-0.2, -0.15) is 0 Å². The Morgan fingerprint density at radius 2 is 2.08 bits per heavy atom. The number of hydrogen-bond donors (Lipinski definition) is 1. The van der Waals surface area contributed by atoms with Crippen LogP contribution in [0.2, 0.25) is 0 Å². The first-order chi connectivity index (χ1) is 6.31. The van der Waals surface area contributed by atoms with Crippen molar-refractivity contribution in [2.75, 3.05) is 7.11 Å². The van der Waals surface area contributed by atoms with Crippen molar-refractivity contribution in [3.05, 3.63) is 29.8 Å². The number of methoxy groups -OCH3 is 1. The first kappa shape index (κ1) is 8.57. The van der Waals surface area contributed by atoms with E-state index in [0.29, 0.717) is 12.1 Å². The zero-order valence-corrected chi connectivity index (χ0v) is 8.08. The molecule has 1 N–H and O–H groups in total. The number of rotatable bonds is 2. The highest BCUT2D eigenvalue weighted by atomic mass is 16.5. The van der Waals surface area contributed by atoms with Crippen LogP contribution in [0, 0.1) is 0 Å². The summed E-state index contributed by atoms with van der Waals surface area (Å²) in [6.45, 7) is 2.20. The second-order valence-corrected chi connectivity index (χ2v) is 3.60. The highest BCUT2D eigenvalue weighted by molar-refractivity contribution is 5.37. The molecule has 2 atom stereocenters. The standard InChI is InChI=1S/C11H15NO/c1-8-7-10(12-8)9-5-3-4-6-11(9)13-2/h3-6,8,10,12H,7H2,1-2H3. The van der Waals surface area contributed by atoms with E-state index in [4.69, 9.17) is 4.74 Å². The second-order valence-electron chi connectivity index (χ2n) is 3.60. The fourth-order valence-corrected chi connectivity index (χ4v) is 1.84. The van der Waals surface area contributed by atoms with E-state index in [1.54, 1.807) is 7.11 Å². The van der Waals surface area contributed by atoms with Crippen molar-refractivity contribution in [2.24, 2.45) is 0 Å². The number of benzene rings is 1. The molecule has 1 heterocycles. The number of nitrogens with one attached hydrogen (secondary N) is 1. The number of para-hydroxylation sites is 1. The molecule has 1 saturated heterocycles. The Bertz CT molecular complexity index is 292. The Kier molecular flexibility index (Phi) is 2.23. The van der Waals surface area contributed by atoms with Crippen LogP contribution in [-0.2, 0) is 0 Å². The van der Waals surface area contributed by atoms with Gasteiger partial charge in [-0.3, -0.25) is 0 Å². The monoisotopic (exact) mass is 177 g/mol. The fraction of sp³-hybridized carbons (Fsp3) is 0.455. The zero-order valence-electron chi connectivity index (χ0n) is 8.08. The molecule has 2 rings (SSSR count). The van der Waals surface area contributed by atoms with Crippen molar-refractivity contribution in [1.29, 1.82) is 0 Å². The molecule has 2 unspecified atom stereocenters. The van der Waals surface area contributed by atoms with Gasteiger partial charge in [-0.25, -0.2) is 0 Å². The summed E-state index contributed by atoms with van der Waals surface area (Å²) in [6, 6.07) is 9.34. The third kappa shape index (κ3) is 1.54. The molecule has 2 heteroatoms. The smallest absolute Gasteiger partial charge is 0.123 e. The Labute approximate surface area is 78.9 Å². The van der Waals surface area contributed by atoms with E-state index in [2.05, 4.69) is 24.4 Å². The summed E-state index contributed by atoms with van der Waals surface area (Å²) in [5.41, 5.74) is 1.28. The van der Waals surface area contributed by atoms with Gasteiger partial charge in [-0.15, -0.1) is 0 Å². The van der Waals surface area contributed by atoms with Gasteiger partial charge in [0.25, 0.3) is 0 Å². The van der Waals surface area contributed by atoms with Gasteiger partial charge >= 0.3 is 0 Å². The Morgan fingerprint density at radius 3 is 2.69 bits per heavy atom. The van der Waals surface area contributed by atoms with Crippen LogP contribution in [0.1, 0.15) is 24.9 Å². The summed E-state index contributed by atoms with van der Waals surface area (Å²) < 4.78 is 5.30. The Hall–Kier alpha value is -1.02. The van der Waals surface area contributed by atoms with Crippen molar-refractivity contribution < 1.29 is 4.74 Å². The van der Waals surface area contributed by atoms with E-state index in [-0.39, 0.29) is 0 Å². The van der Waals surface area contributed by atoms with Gasteiger partial charge in [-0.1, -0.05) is 18.2 Å². The molecule has 1 aliphatic rings. The van der Waals surface area contributed by atoms with Gasteiger partial charge in [0, 0.05) is 17.6 Å². The predicted molar refractivity (Wildman–Crippen MR) is 52.9 cm³/mol.